The summed E-state index contributed by atoms with van der Waals surface area (Å²) in [6.07, 6.45) is 8.24. The average molecular weight is 290 g/mol. The Balaban J connectivity index is 1.93. The number of halogens is 1. The largest absolute Gasteiger partial charge is 0.281 e. The minimum atomic E-state index is 0.511. The molecule has 2 rings (SSSR count). The lowest BCUT2D eigenvalue weighted by molar-refractivity contribution is 0.444. The Hall–Kier alpha value is -1.07. The van der Waals surface area contributed by atoms with E-state index in [1.807, 2.05) is 24.3 Å². The second-order valence-corrected chi connectivity index (χ2v) is 5.17. The Labute approximate surface area is 111 Å². The average Bonchev–Trinajstić information content (AvgIpc) is 2.38. The summed E-state index contributed by atoms with van der Waals surface area (Å²) in [4.78, 5) is 4.51. The van der Waals surface area contributed by atoms with E-state index in [0.29, 0.717) is 6.04 Å². The van der Waals surface area contributed by atoms with Gasteiger partial charge in [-0.25, -0.2) is 0 Å². The number of hydrogen-bond donors (Lipinski definition) is 0. The summed E-state index contributed by atoms with van der Waals surface area (Å²) >= 11 is 3.48. The monoisotopic (exact) mass is 289 g/mol. The molecule has 0 bridgehead atoms. The van der Waals surface area contributed by atoms with E-state index in [-0.39, 0.29) is 0 Å². The van der Waals surface area contributed by atoms with Crippen molar-refractivity contribution in [3.8, 4) is 11.8 Å². The molecule has 0 saturated heterocycles. The highest BCUT2D eigenvalue weighted by Gasteiger charge is 2.10. The lowest BCUT2D eigenvalue weighted by atomic mass is 9.96. The van der Waals surface area contributed by atoms with Crippen molar-refractivity contribution >= 4 is 22.1 Å². The Morgan fingerprint density at radius 2 is 1.94 bits per heavy atom. The fraction of sp³-hybridized carbons (Fsp3) is 0.400. The predicted octanol–water partition coefficient (Wildman–Crippen LogP) is 4.20. The Kier molecular flexibility index (Phi) is 4.82. The predicted molar refractivity (Wildman–Crippen MR) is 76.4 cm³/mol. The van der Waals surface area contributed by atoms with Crippen LogP contribution < -0.4 is 0 Å². The van der Waals surface area contributed by atoms with E-state index in [1.165, 1.54) is 32.1 Å². The minimum Gasteiger partial charge on any atom is -0.281 e. The minimum absolute atomic E-state index is 0.511. The first-order chi connectivity index (χ1) is 8.36. The standard InChI is InChI=1S/C15H16BrN/c16-15-11-5-4-7-13(15)8-6-12-17-14-9-2-1-3-10-14/h4-5,7,11-12,14H,1-3,9-10H2. The maximum atomic E-state index is 4.51. The molecule has 0 N–H and O–H groups in total. The highest BCUT2D eigenvalue weighted by molar-refractivity contribution is 9.10. The Morgan fingerprint density at radius 3 is 2.71 bits per heavy atom. The third-order valence-corrected chi connectivity index (χ3v) is 3.70. The fourth-order valence-corrected chi connectivity index (χ4v) is 2.43. The molecule has 0 aromatic heterocycles. The van der Waals surface area contributed by atoms with Gasteiger partial charge in [0.05, 0.1) is 12.3 Å². The zero-order valence-corrected chi connectivity index (χ0v) is 11.4. The quantitative estimate of drug-likeness (QED) is 0.543. The lowest BCUT2D eigenvalue weighted by Crippen LogP contribution is -2.09. The molecular weight excluding hydrogens is 274 g/mol. The van der Waals surface area contributed by atoms with Crippen molar-refractivity contribution in [3.63, 3.8) is 0 Å². The highest BCUT2D eigenvalue weighted by Crippen LogP contribution is 2.19. The van der Waals surface area contributed by atoms with Crippen LogP contribution in [0.25, 0.3) is 0 Å². The Bertz CT molecular complexity index is 447. The van der Waals surface area contributed by atoms with Crippen LogP contribution in [0.15, 0.2) is 33.7 Å². The molecule has 1 aromatic rings. The molecule has 1 aliphatic rings. The molecule has 0 aliphatic heterocycles. The molecule has 1 saturated carbocycles. The second-order valence-electron chi connectivity index (χ2n) is 4.32. The molecule has 0 spiro atoms. The molecular formula is C15H16BrN. The first kappa shape index (κ1) is 12.4. The van der Waals surface area contributed by atoms with E-state index >= 15 is 0 Å². The molecule has 1 fully saturated rings. The molecule has 0 radical (unpaired) electrons. The molecule has 1 aromatic carbocycles. The highest BCUT2D eigenvalue weighted by atomic mass is 79.9. The molecule has 0 amide bonds. The van der Waals surface area contributed by atoms with Crippen LogP contribution in [0, 0.1) is 11.8 Å². The van der Waals surface area contributed by atoms with Crippen LogP contribution >= 0.6 is 15.9 Å². The van der Waals surface area contributed by atoms with E-state index in [4.69, 9.17) is 0 Å². The summed E-state index contributed by atoms with van der Waals surface area (Å²) in [5.41, 5.74) is 1.02. The van der Waals surface area contributed by atoms with Crippen LogP contribution in [-0.2, 0) is 0 Å². The van der Waals surface area contributed by atoms with Crippen molar-refractivity contribution in [2.45, 2.75) is 38.1 Å². The number of rotatable bonds is 1. The fourth-order valence-electron chi connectivity index (χ4n) is 2.05. The first-order valence-corrected chi connectivity index (χ1v) is 6.93. The van der Waals surface area contributed by atoms with Gasteiger partial charge in [-0.1, -0.05) is 37.3 Å². The van der Waals surface area contributed by atoms with Gasteiger partial charge in [-0.3, -0.25) is 4.99 Å². The third kappa shape index (κ3) is 4.02. The van der Waals surface area contributed by atoms with Crippen LogP contribution in [0.5, 0.6) is 0 Å². The van der Waals surface area contributed by atoms with E-state index in [9.17, 15) is 0 Å². The molecule has 0 heterocycles. The van der Waals surface area contributed by atoms with Gasteiger partial charge in [0.1, 0.15) is 0 Å². The third-order valence-electron chi connectivity index (χ3n) is 3.01. The molecule has 1 aliphatic carbocycles. The van der Waals surface area contributed by atoms with Crippen molar-refractivity contribution in [1.29, 1.82) is 0 Å². The number of aliphatic imine (C=N–C) groups is 1. The first-order valence-electron chi connectivity index (χ1n) is 6.14. The van der Waals surface area contributed by atoms with Gasteiger partial charge < -0.3 is 0 Å². The van der Waals surface area contributed by atoms with Crippen molar-refractivity contribution in [1.82, 2.24) is 0 Å². The van der Waals surface area contributed by atoms with E-state index in [0.717, 1.165) is 10.0 Å². The van der Waals surface area contributed by atoms with Crippen LogP contribution in [0.4, 0.5) is 0 Å². The van der Waals surface area contributed by atoms with Gasteiger partial charge in [0, 0.05) is 10.0 Å². The maximum absolute atomic E-state index is 4.51. The van der Waals surface area contributed by atoms with Gasteiger partial charge in [0.2, 0.25) is 0 Å². The van der Waals surface area contributed by atoms with Crippen molar-refractivity contribution in [3.05, 3.63) is 34.3 Å². The molecule has 0 atom stereocenters. The SMILES string of the molecule is Brc1ccccc1C#CC=NC1CCCCC1. The van der Waals surface area contributed by atoms with Crippen LogP contribution in [-0.4, -0.2) is 12.3 Å². The molecule has 0 unspecified atom stereocenters. The second kappa shape index (κ2) is 6.61. The smallest absolute Gasteiger partial charge is 0.0718 e. The summed E-state index contributed by atoms with van der Waals surface area (Å²) in [5.74, 6) is 6.12. The van der Waals surface area contributed by atoms with E-state index in [1.54, 1.807) is 6.21 Å². The van der Waals surface area contributed by atoms with Gasteiger partial charge in [-0.05, 0) is 46.8 Å². The summed E-state index contributed by atoms with van der Waals surface area (Å²) < 4.78 is 1.04. The number of benzene rings is 1. The summed E-state index contributed by atoms with van der Waals surface area (Å²) in [7, 11) is 0. The van der Waals surface area contributed by atoms with E-state index < -0.39 is 0 Å². The van der Waals surface area contributed by atoms with Gasteiger partial charge >= 0.3 is 0 Å². The van der Waals surface area contributed by atoms with Crippen molar-refractivity contribution in [2.24, 2.45) is 4.99 Å². The van der Waals surface area contributed by atoms with Crippen LogP contribution in [0.2, 0.25) is 0 Å². The van der Waals surface area contributed by atoms with Gasteiger partial charge in [0.15, 0.2) is 0 Å². The summed E-state index contributed by atoms with van der Waals surface area (Å²) in [6.45, 7) is 0. The maximum Gasteiger partial charge on any atom is 0.0718 e. The van der Waals surface area contributed by atoms with Crippen LogP contribution in [0.3, 0.4) is 0 Å². The number of hydrogen-bond acceptors (Lipinski definition) is 1. The zero-order valence-electron chi connectivity index (χ0n) is 9.82. The van der Waals surface area contributed by atoms with Crippen molar-refractivity contribution < 1.29 is 0 Å². The summed E-state index contributed by atoms with van der Waals surface area (Å²) in [5, 5.41) is 0. The molecule has 17 heavy (non-hydrogen) atoms. The van der Waals surface area contributed by atoms with Gasteiger partial charge in [-0.2, -0.15) is 0 Å². The van der Waals surface area contributed by atoms with Gasteiger partial charge in [-0.15, -0.1) is 0 Å². The molecule has 1 nitrogen and oxygen atoms in total. The molecule has 2 heteroatoms. The Morgan fingerprint density at radius 1 is 1.18 bits per heavy atom. The topological polar surface area (TPSA) is 12.4 Å². The summed E-state index contributed by atoms with van der Waals surface area (Å²) in [6, 6.07) is 8.50. The van der Waals surface area contributed by atoms with Crippen LogP contribution in [0.1, 0.15) is 37.7 Å². The normalized spacial score (nSPS) is 16.8. The molecule has 88 valence electrons. The lowest BCUT2D eigenvalue weighted by Gasteiger charge is -2.16. The van der Waals surface area contributed by atoms with Crippen molar-refractivity contribution in [2.75, 3.05) is 0 Å². The van der Waals surface area contributed by atoms with E-state index in [2.05, 4.69) is 32.8 Å². The van der Waals surface area contributed by atoms with Gasteiger partial charge in [0.25, 0.3) is 0 Å². The zero-order chi connectivity index (χ0) is 11.9. The number of nitrogens with zero attached hydrogens (tertiary/aromatic N) is 1.